The van der Waals surface area contributed by atoms with Gasteiger partial charge in [0.15, 0.2) is 34.7 Å². The minimum absolute atomic E-state index is 0.0363. The zero-order valence-corrected chi connectivity index (χ0v) is 33.1. The standard InChI is InChI=1S/C40H58N4O7S2/c1-41-26-39(16-13-28(23-39)14-19-50-18-7-17-45)51-35-21-29-8-4-5-10-36(47)40(24-30-11-12-33(46)34(22-30)49-3)15-6-9-31(40)25-52-53-27-43-38(42-2)44-32(20-29)37(35)48/h5,10-12,20-22,28,31,41,45-46,48H,4,6-9,13-19,23-27H2,1-3H3,(H2,42,43,44)/t28-,31+,39-,40+/m0/s1. The number of aliphatic hydroxyl groups is 1. The molecular weight excluding hydrogens is 713 g/mol. The van der Waals surface area contributed by atoms with Crippen LogP contribution in [-0.4, -0.2) is 91.9 Å². The van der Waals surface area contributed by atoms with Crippen LogP contribution >= 0.6 is 21.6 Å². The van der Waals surface area contributed by atoms with Gasteiger partial charge in [-0.05, 0) is 125 Å². The predicted molar refractivity (Wildman–Crippen MR) is 216 cm³/mol. The number of guanidine groups is 1. The summed E-state index contributed by atoms with van der Waals surface area (Å²) in [7, 11) is 8.62. The fraction of sp³-hybridized carbons (Fsp3) is 0.600. The molecular formula is C40H58N4O7S2. The van der Waals surface area contributed by atoms with Gasteiger partial charge in [-0.25, -0.2) is 0 Å². The maximum atomic E-state index is 14.3. The van der Waals surface area contributed by atoms with Crippen molar-refractivity contribution < 1.29 is 34.3 Å². The maximum Gasteiger partial charge on any atom is 0.196 e. The molecule has 53 heavy (non-hydrogen) atoms. The first-order valence-corrected chi connectivity index (χ1v) is 21.4. The number of aliphatic imine (C=N–C) groups is 1. The zero-order valence-electron chi connectivity index (χ0n) is 31.5. The van der Waals surface area contributed by atoms with Crippen molar-refractivity contribution in [1.82, 2.24) is 10.6 Å². The molecule has 2 aliphatic carbocycles. The summed E-state index contributed by atoms with van der Waals surface area (Å²) in [6, 6.07) is 9.27. The highest BCUT2D eigenvalue weighted by molar-refractivity contribution is 8.76. The Morgan fingerprint density at radius 2 is 1.96 bits per heavy atom. The molecule has 292 valence electrons. The van der Waals surface area contributed by atoms with Crippen molar-refractivity contribution in [2.75, 3.05) is 64.5 Å². The molecule has 0 radical (unpaired) electrons. The van der Waals surface area contributed by atoms with E-state index in [0.717, 1.165) is 61.8 Å². The highest BCUT2D eigenvalue weighted by Gasteiger charge is 2.47. The van der Waals surface area contributed by atoms with Gasteiger partial charge in [-0.2, -0.15) is 0 Å². The molecule has 0 aromatic heterocycles. The SMILES string of the molecule is CN=C1NCSSC[C@H]2CCC[C@]2(Cc2ccc(O)c(OC)c2)C(=O)C=CCCc2cc(c(O)c(O[C@@]3(CNC)CC[C@@H](CCOCCCO)C3)c2)N1. The van der Waals surface area contributed by atoms with Crippen molar-refractivity contribution in [3.8, 4) is 23.0 Å². The van der Waals surface area contributed by atoms with Crippen LogP contribution in [0.2, 0.25) is 0 Å². The molecule has 11 nitrogen and oxygen atoms in total. The first kappa shape index (κ1) is 41.1. The van der Waals surface area contributed by atoms with Gasteiger partial charge in [0.1, 0.15) is 5.60 Å². The Morgan fingerprint density at radius 3 is 2.75 bits per heavy atom. The lowest BCUT2D eigenvalue weighted by Gasteiger charge is -2.33. The number of benzene rings is 2. The number of anilines is 1. The van der Waals surface area contributed by atoms with E-state index in [1.54, 1.807) is 47.9 Å². The third-order valence-electron chi connectivity index (χ3n) is 11.0. The Kier molecular flexibility index (Phi) is 15.5. The average Bonchev–Trinajstić information content (AvgIpc) is 3.75. The number of phenolic OH excluding ortho intramolecular Hbond substituents is 2. The first-order valence-electron chi connectivity index (χ1n) is 18.9. The van der Waals surface area contributed by atoms with Gasteiger partial charge in [-0.1, -0.05) is 40.2 Å². The lowest BCUT2D eigenvalue weighted by molar-refractivity contribution is -0.125. The van der Waals surface area contributed by atoms with Gasteiger partial charge >= 0.3 is 0 Å². The average molecular weight is 771 g/mol. The van der Waals surface area contributed by atoms with Gasteiger partial charge in [0, 0.05) is 44.6 Å². The van der Waals surface area contributed by atoms with E-state index in [4.69, 9.17) is 19.3 Å². The first-order chi connectivity index (χ1) is 25.7. The van der Waals surface area contributed by atoms with Gasteiger partial charge < -0.3 is 45.5 Å². The zero-order chi connectivity index (χ0) is 37.7. The number of ketones is 1. The maximum absolute atomic E-state index is 14.3. The van der Waals surface area contributed by atoms with E-state index in [9.17, 15) is 15.0 Å². The van der Waals surface area contributed by atoms with E-state index < -0.39 is 11.0 Å². The number of aliphatic hydroxyl groups excluding tert-OH is 1. The fourth-order valence-electron chi connectivity index (χ4n) is 8.20. The molecule has 0 unspecified atom stereocenters. The summed E-state index contributed by atoms with van der Waals surface area (Å²) in [5.74, 6) is 3.71. The van der Waals surface area contributed by atoms with Crippen LogP contribution in [0.15, 0.2) is 47.5 Å². The van der Waals surface area contributed by atoms with Gasteiger partial charge in [-0.15, -0.1) is 0 Å². The summed E-state index contributed by atoms with van der Waals surface area (Å²) in [4.78, 5) is 18.7. The number of aromatic hydroxyl groups is 2. The van der Waals surface area contributed by atoms with Crippen LogP contribution < -0.4 is 25.4 Å². The topological polar surface area (TPSA) is 154 Å². The number of carbonyl (C=O) groups excluding carboxylic acids is 1. The molecule has 5 rings (SSSR count). The minimum atomic E-state index is -0.538. The van der Waals surface area contributed by atoms with Crippen molar-refractivity contribution >= 4 is 39.0 Å². The highest BCUT2D eigenvalue weighted by Crippen LogP contribution is 2.50. The fourth-order valence-corrected chi connectivity index (χ4v) is 10.4. The van der Waals surface area contributed by atoms with Gasteiger partial charge in [0.2, 0.25) is 0 Å². The van der Waals surface area contributed by atoms with E-state index in [1.807, 2.05) is 37.4 Å². The van der Waals surface area contributed by atoms with Gasteiger partial charge in [0.25, 0.3) is 0 Å². The summed E-state index contributed by atoms with van der Waals surface area (Å²) in [5, 5.41) is 40.9. The molecule has 2 aromatic carbocycles. The lowest BCUT2D eigenvalue weighted by Crippen LogP contribution is -2.42. The lowest BCUT2D eigenvalue weighted by atomic mass is 9.70. The number of nitrogens with one attached hydrogen (secondary N) is 3. The number of ether oxygens (including phenoxy) is 3. The number of carbonyl (C=O) groups is 1. The molecule has 2 saturated carbocycles. The van der Waals surface area contributed by atoms with Crippen molar-refractivity contribution in [3.63, 3.8) is 0 Å². The third-order valence-corrected chi connectivity index (χ3v) is 13.2. The summed E-state index contributed by atoms with van der Waals surface area (Å²) in [6.07, 6.45) is 12.7. The monoisotopic (exact) mass is 770 g/mol. The molecule has 0 spiro atoms. The van der Waals surface area contributed by atoms with Crippen LogP contribution in [-0.2, 0) is 22.4 Å². The normalized spacial score (nSPS) is 26.1. The molecule has 4 atom stereocenters. The summed E-state index contributed by atoms with van der Waals surface area (Å²) in [5.41, 5.74) is 1.44. The number of hydrogen-bond acceptors (Lipinski definition) is 11. The summed E-state index contributed by atoms with van der Waals surface area (Å²) >= 11 is 0. The van der Waals surface area contributed by atoms with Crippen LogP contribution in [0.5, 0.6) is 23.0 Å². The molecule has 1 heterocycles. The molecule has 0 saturated heterocycles. The number of likely N-dealkylation sites (N-methyl/N-ethyl adjacent to an activating group) is 1. The summed E-state index contributed by atoms with van der Waals surface area (Å²) < 4.78 is 18.0. The van der Waals surface area contributed by atoms with Gasteiger partial charge in [-0.3, -0.25) is 9.79 Å². The van der Waals surface area contributed by atoms with Crippen LogP contribution in [0.1, 0.15) is 68.9 Å². The molecule has 0 amide bonds. The molecule has 2 fully saturated rings. The van der Waals surface area contributed by atoms with Crippen molar-refractivity contribution in [1.29, 1.82) is 0 Å². The molecule has 6 N–H and O–H groups in total. The third kappa shape index (κ3) is 10.8. The Hall–Kier alpha value is -3.10. The van der Waals surface area contributed by atoms with E-state index in [2.05, 4.69) is 20.9 Å². The number of nitrogens with zero attached hydrogens (tertiary/aromatic N) is 1. The van der Waals surface area contributed by atoms with Crippen molar-refractivity contribution in [3.05, 3.63) is 53.6 Å². The summed E-state index contributed by atoms with van der Waals surface area (Å²) in [6.45, 7) is 1.99. The minimum Gasteiger partial charge on any atom is -0.504 e. The highest BCUT2D eigenvalue weighted by atomic mass is 33.1. The number of phenols is 2. The molecule has 1 aliphatic heterocycles. The Labute approximate surface area is 322 Å². The quantitative estimate of drug-likeness (QED) is 0.0753. The van der Waals surface area contributed by atoms with E-state index >= 15 is 0 Å². The number of allylic oxidation sites excluding steroid dienone is 2. The van der Waals surface area contributed by atoms with Crippen LogP contribution in [0.3, 0.4) is 0 Å². The molecule has 3 aliphatic rings. The number of fused-ring (bicyclic) bond motifs is 3. The van der Waals surface area contributed by atoms with Crippen LogP contribution in [0, 0.1) is 17.3 Å². The van der Waals surface area contributed by atoms with Crippen molar-refractivity contribution in [2.45, 2.75) is 76.2 Å². The van der Waals surface area contributed by atoms with Gasteiger partial charge in [0.05, 0.1) is 18.7 Å². The number of aryl methyl sites for hydroxylation is 1. The Morgan fingerprint density at radius 1 is 1.09 bits per heavy atom. The second kappa shape index (κ2) is 20.0. The number of methoxy groups -OCH3 is 1. The molecule has 13 heteroatoms. The number of rotatable bonds is 13. The molecule has 2 bridgehead atoms. The second-order valence-corrected chi connectivity index (χ2v) is 17.1. The number of hydrogen-bond donors (Lipinski definition) is 6. The predicted octanol–water partition coefficient (Wildman–Crippen LogP) is 6.46. The van der Waals surface area contributed by atoms with Crippen LogP contribution in [0.4, 0.5) is 5.69 Å². The molecule has 2 aromatic rings. The van der Waals surface area contributed by atoms with Crippen LogP contribution in [0.25, 0.3) is 0 Å². The second-order valence-electron chi connectivity index (χ2n) is 14.5. The van der Waals surface area contributed by atoms with E-state index in [-0.39, 0.29) is 29.8 Å². The largest absolute Gasteiger partial charge is 0.504 e. The smallest absolute Gasteiger partial charge is 0.196 e. The van der Waals surface area contributed by atoms with E-state index in [1.165, 1.54) is 0 Å². The Balaban J connectivity index is 1.38. The van der Waals surface area contributed by atoms with Crippen molar-refractivity contribution in [2.24, 2.45) is 22.2 Å². The Bertz CT molecular complexity index is 1580. The van der Waals surface area contributed by atoms with E-state index in [0.29, 0.717) is 80.4 Å².